The molecule has 3 nitrogen and oxygen atoms in total. The monoisotopic (exact) mass is 370 g/mol. The molecule has 0 aliphatic heterocycles. The highest BCUT2D eigenvalue weighted by Gasteiger charge is 2.12. The number of nitrogens with two attached hydrogens (primary N) is 1. The Kier molecular flexibility index (Phi) is 4.04. The molecule has 0 saturated heterocycles. The second-order valence-corrected chi connectivity index (χ2v) is 5.39. The molecule has 98 valence electrons. The number of nitrogens with one attached hydrogen (secondary N) is 1. The van der Waals surface area contributed by atoms with Gasteiger partial charge in [-0.05, 0) is 71.5 Å². The largest absolute Gasteiger partial charge is 0.398 e. The van der Waals surface area contributed by atoms with E-state index >= 15 is 0 Å². The van der Waals surface area contributed by atoms with Gasteiger partial charge in [-0.3, -0.25) is 4.79 Å². The van der Waals surface area contributed by atoms with Crippen LogP contribution in [0.2, 0.25) is 0 Å². The van der Waals surface area contributed by atoms with E-state index in [-0.39, 0.29) is 11.3 Å². The first kappa shape index (κ1) is 13.8. The lowest BCUT2D eigenvalue weighted by molar-refractivity contribution is 0.102. The van der Waals surface area contributed by atoms with Crippen molar-refractivity contribution in [3.63, 3.8) is 0 Å². The molecular formula is C14H12FIN2O. The number of benzene rings is 2. The Morgan fingerprint density at radius 3 is 2.68 bits per heavy atom. The molecule has 2 aromatic carbocycles. The zero-order valence-corrected chi connectivity index (χ0v) is 12.4. The minimum absolute atomic E-state index is 0.137. The maximum Gasteiger partial charge on any atom is 0.257 e. The van der Waals surface area contributed by atoms with Crippen LogP contribution < -0.4 is 11.1 Å². The van der Waals surface area contributed by atoms with E-state index in [1.807, 2.05) is 25.1 Å². The molecule has 0 spiro atoms. The second-order valence-electron chi connectivity index (χ2n) is 4.14. The molecular weight excluding hydrogens is 358 g/mol. The third kappa shape index (κ3) is 3.23. The van der Waals surface area contributed by atoms with Crippen LogP contribution >= 0.6 is 22.6 Å². The third-order valence-corrected chi connectivity index (χ3v) is 3.37. The Morgan fingerprint density at radius 1 is 1.26 bits per heavy atom. The van der Waals surface area contributed by atoms with Crippen molar-refractivity contribution in [2.75, 3.05) is 11.1 Å². The van der Waals surface area contributed by atoms with Crippen LogP contribution in [-0.4, -0.2) is 5.91 Å². The van der Waals surface area contributed by atoms with Crippen LogP contribution in [-0.2, 0) is 0 Å². The van der Waals surface area contributed by atoms with Crippen LogP contribution in [0.25, 0.3) is 0 Å². The summed E-state index contributed by atoms with van der Waals surface area (Å²) in [7, 11) is 0. The van der Waals surface area contributed by atoms with Crippen molar-refractivity contribution in [2.24, 2.45) is 0 Å². The number of nitrogen functional groups attached to an aromatic ring is 1. The van der Waals surface area contributed by atoms with Crippen LogP contribution in [0.4, 0.5) is 15.8 Å². The van der Waals surface area contributed by atoms with Gasteiger partial charge in [0, 0.05) is 14.9 Å². The van der Waals surface area contributed by atoms with E-state index in [0.29, 0.717) is 5.69 Å². The van der Waals surface area contributed by atoms with E-state index in [0.717, 1.165) is 15.2 Å². The minimum atomic E-state index is -0.487. The van der Waals surface area contributed by atoms with Crippen molar-refractivity contribution < 1.29 is 9.18 Å². The number of rotatable bonds is 2. The van der Waals surface area contributed by atoms with E-state index in [2.05, 4.69) is 27.9 Å². The molecule has 0 atom stereocenters. The summed E-state index contributed by atoms with van der Waals surface area (Å²) in [6.45, 7) is 1.90. The van der Waals surface area contributed by atoms with Gasteiger partial charge >= 0.3 is 0 Å². The van der Waals surface area contributed by atoms with Gasteiger partial charge in [0.1, 0.15) is 5.82 Å². The van der Waals surface area contributed by atoms with Gasteiger partial charge < -0.3 is 11.1 Å². The Balaban J connectivity index is 2.28. The molecule has 0 aromatic heterocycles. The van der Waals surface area contributed by atoms with Crippen LogP contribution in [0.1, 0.15) is 15.9 Å². The normalized spacial score (nSPS) is 10.3. The molecule has 5 heteroatoms. The molecule has 0 aliphatic rings. The maximum absolute atomic E-state index is 13.1. The van der Waals surface area contributed by atoms with Crippen molar-refractivity contribution in [3.05, 3.63) is 56.9 Å². The fraction of sp³-hybridized carbons (Fsp3) is 0.0714. The summed E-state index contributed by atoms with van der Waals surface area (Å²) in [6.07, 6.45) is 0. The van der Waals surface area contributed by atoms with E-state index in [1.54, 1.807) is 0 Å². The SMILES string of the molecule is Cc1cc(I)ccc1NC(=O)c1cc(F)ccc1N. The number of anilines is 2. The molecule has 0 heterocycles. The quantitative estimate of drug-likeness (QED) is 0.627. The fourth-order valence-electron chi connectivity index (χ4n) is 1.68. The van der Waals surface area contributed by atoms with Gasteiger partial charge in [-0.1, -0.05) is 0 Å². The van der Waals surface area contributed by atoms with Crippen molar-refractivity contribution in [1.29, 1.82) is 0 Å². The number of halogens is 2. The van der Waals surface area contributed by atoms with Crippen LogP contribution in [0.5, 0.6) is 0 Å². The summed E-state index contributed by atoms with van der Waals surface area (Å²) < 4.78 is 14.2. The molecule has 3 N–H and O–H groups in total. The standard InChI is InChI=1S/C14H12FIN2O/c1-8-6-10(16)3-5-13(8)18-14(19)11-7-9(15)2-4-12(11)17/h2-7H,17H2,1H3,(H,18,19). The van der Waals surface area contributed by atoms with Gasteiger partial charge in [-0.2, -0.15) is 0 Å². The Bertz CT molecular complexity index is 643. The first-order valence-electron chi connectivity index (χ1n) is 5.60. The topological polar surface area (TPSA) is 55.1 Å². The molecule has 1 amide bonds. The number of amides is 1. The zero-order valence-electron chi connectivity index (χ0n) is 10.2. The van der Waals surface area contributed by atoms with E-state index < -0.39 is 11.7 Å². The van der Waals surface area contributed by atoms with Gasteiger partial charge in [0.15, 0.2) is 0 Å². The van der Waals surface area contributed by atoms with Gasteiger partial charge in [0.2, 0.25) is 0 Å². The second kappa shape index (κ2) is 5.56. The van der Waals surface area contributed by atoms with E-state index in [9.17, 15) is 9.18 Å². The lowest BCUT2D eigenvalue weighted by atomic mass is 10.1. The molecule has 0 saturated carbocycles. The van der Waals surface area contributed by atoms with Gasteiger partial charge in [0.05, 0.1) is 5.56 Å². The Morgan fingerprint density at radius 2 is 2.00 bits per heavy atom. The van der Waals surface area contributed by atoms with E-state index in [1.165, 1.54) is 12.1 Å². The molecule has 0 bridgehead atoms. The summed E-state index contributed by atoms with van der Waals surface area (Å²) in [4.78, 5) is 12.1. The number of carbonyl (C=O) groups excluding carboxylic acids is 1. The molecule has 0 unspecified atom stereocenters. The Hall–Kier alpha value is -1.63. The van der Waals surface area contributed by atoms with Crippen LogP contribution in [0.3, 0.4) is 0 Å². The molecule has 2 rings (SSSR count). The molecule has 0 aliphatic carbocycles. The number of hydrogen-bond donors (Lipinski definition) is 2. The Labute approximate surface area is 124 Å². The van der Waals surface area contributed by atoms with Crippen molar-refractivity contribution in [1.82, 2.24) is 0 Å². The van der Waals surface area contributed by atoms with Gasteiger partial charge in [-0.15, -0.1) is 0 Å². The van der Waals surface area contributed by atoms with Crippen LogP contribution in [0, 0.1) is 16.3 Å². The third-order valence-electron chi connectivity index (χ3n) is 2.70. The highest BCUT2D eigenvalue weighted by atomic mass is 127. The van der Waals surface area contributed by atoms with Crippen molar-refractivity contribution in [2.45, 2.75) is 6.92 Å². The first-order valence-corrected chi connectivity index (χ1v) is 6.68. The average Bonchev–Trinajstić information content (AvgIpc) is 2.35. The summed E-state index contributed by atoms with van der Waals surface area (Å²) in [5.74, 6) is -0.903. The number of aryl methyl sites for hydroxylation is 1. The highest BCUT2D eigenvalue weighted by molar-refractivity contribution is 14.1. The van der Waals surface area contributed by atoms with Crippen molar-refractivity contribution in [3.8, 4) is 0 Å². The molecule has 19 heavy (non-hydrogen) atoms. The van der Waals surface area contributed by atoms with Crippen LogP contribution in [0.15, 0.2) is 36.4 Å². The number of hydrogen-bond acceptors (Lipinski definition) is 2. The smallest absolute Gasteiger partial charge is 0.257 e. The first-order chi connectivity index (χ1) is 8.97. The zero-order chi connectivity index (χ0) is 14.0. The lowest BCUT2D eigenvalue weighted by Gasteiger charge is -2.10. The predicted octanol–water partition coefficient (Wildman–Crippen LogP) is 3.57. The van der Waals surface area contributed by atoms with Gasteiger partial charge in [0.25, 0.3) is 5.91 Å². The summed E-state index contributed by atoms with van der Waals surface area (Å²) in [5, 5.41) is 2.73. The summed E-state index contributed by atoms with van der Waals surface area (Å²) in [6, 6.07) is 9.38. The number of carbonyl (C=O) groups is 1. The lowest BCUT2D eigenvalue weighted by Crippen LogP contribution is -2.15. The summed E-state index contributed by atoms with van der Waals surface area (Å²) >= 11 is 2.19. The average molecular weight is 370 g/mol. The van der Waals surface area contributed by atoms with Crippen molar-refractivity contribution >= 4 is 39.9 Å². The molecule has 0 fully saturated rings. The molecule has 2 aromatic rings. The summed E-state index contributed by atoms with van der Waals surface area (Å²) in [5.41, 5.74) is 7.70. The molecule has 0 radical (unpaired) electrons. The maximum atomic E-state index is 13.1. The van der Waals surface area contributed by atoms with E-state index in [4.69, 9.17) is 5.73 Å². The predicted molar refractivity (Wildman–Crippen MR) is 82.7 cm³/mol. The minimum Gasteiger partial charge on any atom is -0.398 e. The highest BCUT2D eigenvalue weighted by Crippen LogP contribution is 2.20. The fourth-order valence-corrected chi connectivity index (χ4v) is 2.33. The van der Waals surface area contributed by atoms with Gasteiger partial charge in [-0.25, -0.2) is 4.39 Å².